The monoisotopic (exact) mass is 1290 g/mol. The first kappa shape index (κ1) is 63.4. The Morgan fingerprint density at radius 2 is 0.534 bits per heavy atom. The lowest BCUT2D eigenvalue weighted by Gasteiger charge is -2.14. The van der Waals surface area contributed by atoms with Crippen molar-refractivity contribution in [1.29, 1.82) is 0 Å². The zero-order valence-electron chi connectivity index (χ0n) is 35.1. The van der Waals surface area contributed by atoms with E-state index in [4.69, 9.17) is 0 Å². The second-order valence-corrected chi connectivity index (χ2v) is 16.0. The Morgan fingerprint density at radius 1 is 0.342 bits per heavy atom. The number of hydrogen-bond donors (Lipinski definition) is 0. The van der Waals surface area contributed by atoms with Crippen LogP contribution in [0.5, 0.6) is 28.7 Å². The molecule has 0 bridgehead atoms. The quantitative estimate of drug-likeness (QED) is 0.0183. The third-order valence-corrected chi connectivity index (χ3v) is 7.34. The van der Waals surface area contributed by atoms with E-state index in [1.807, 2.05) is 0 Å². The van der Waals surface area contributed by atoms with E-state index in [-0.39, 0.29) is 0 Å². The molecule has 4 rings (SSSR count). The highest BCUT2D eigenvalue weighted by Gasteiger charge is 2.37. The van der Waals surface area contributed by atoms with Gasteiger partial charge in [0.1, 0.15) is 5.56 Å². The van der Waals surface area contributed by atoms with Crippen LogP contribution >= 0.6 is 35.4 Å². The molecular formula is C43H20F16I2O12. The maximum Gasteiger partial charge on any atom is 0.349 e. The Morgan fingerprint density at radius 3 is 0.753 bits per heavy atom. The van der Waals surface area contributed by atoms with E-state index in [0.717, 1.165) is 0 Å². The van der Waals surface area contributed by atoms with E-state index in [0.29, 0.717) is 53.4 Å². The van der Waals surface area contributed by atoms with Gasteiger partial charge in [-0.1, -0.05) is 60.7 Å². The first-order valence-corrected chi connectivity index (χ1v) is 25.3. The van der Waals surface area contributed by atoms with Crippen molar-refractivity contribution < 1.29 is 127 Å². The van der Waals surface area contributed by atoms with E-state index < -0.39 is 174 Å². The number of halogens is 18. The van der Waals surface area contributed by atoms with Gasteiger partial charge in [0.05, 0.1) is 17.4 Å². The average Bonchev–Trinajstić information content (AvgIpc) is 3.36. The van der Waals surface area contributed by atoms with Crippen LogP contribution < -0.4 is 23.7 Å². The van der Waals surface area contributed by atoms with Gasteiger partial charge in [-0.05, 0) is 18.6 Å². The minimum absolute atomic E-state index is 0.310. The molecule has 0 aliphatic rings. The fourth-order valence-electron chi connectivity index (χ4n) is 4.34. The van der Waals surface area contributed by atoms with E-state index >= 15 is 0 Å². The fourth-order valence-corrected chi connectivity index (χ4v) is 4.34. The van der Waals surface area contributed by atoms with Gasteiger partial charge in [0, 0.05) is 30.4 Å². The lowest BCUT2D eigenvalue weighted by Crippen LogP contribution is -2.15. The van der Waals surface area contributed by atoms with Gasteiger partial charge in [-0.25, -0.2) is 59.5 Å². The molecule has 390 valence electrons. The number of rotatable bonds is 13. The molecular weight excluding hydrogens is 1270 g/mol. The summed E-state index contributed by atoms with van der Waals surface area (Å²) in [6, 6.07) is 0. The van der Waals surface area contributed by atoms with Crippen LogP contribution in [0, 0.1) is 93.1 Å². The zero-order chi connectivity index (χ0) is 56.5. The van der Waals surface area contributed by atoms with Gasteiger partial charge < -0.3 is 28.4 Å². The number of carbonyl (C=O) groups excluding carboxylic acids is 6. The molecule has 0 aromatic heterocycles. The summed E-state index contributed by atoms with van der Waals surface area (Å²) in [5, 5.41) is 0. The summed E-state index contributed by atoms with van der Waals surface area (Å²) < 4.78 is 248. The largest absolute Gasteiger partial charge is 0.431 e. The fraction of sp³-hybridized carbons (Fsp3) is 0. The lowest BCUT2D eigenvalue weighted by atomic mass is 9.99. The summed E-state index contributed by atoms with van der Waals surface area (Å²) >= 11 is 2.60. The standard InChI is InChI=1S/C18H6F8O4.2C12H6F4O4.CH2I2/c1-3-5(27)30-17-15(25)11(21)7(12(22)16(17)26)6-9(19)13(23)8(14(24)10(6)20)18(28)29-4-2;1-3-5(17)19-11-7(13)9(15)12(10(16)8(11)14)20-6(18)4-2;1-3-5(17)19-11-8(14)7(13)9(15)12(10(11)16)20-6(18)4-2;1-3-2/h3-4H,1-2H2;2*3-4H,1-2H2;1H2. The molecule has 0 spiro atoms. The van der Waals surface area contributed by atoms with Crippen molar-refractivity contribution in [3.05, 3.63) is 175 Å². The average molecular weight is 1290 g/mol. The minimum atomic E-state index is -2.57. The van der Waals surface area contributed by atoms with Crippen LogP contribution in [-0.4, -0.2) is 40.3 Å². The Balaban J connectivity index is 0.000000549. The summed E-state index contributed by atoms with van der Waals surface area (Å²) in [6.07, 6.45) is 2.86. The molecule has 0 radical (unpaired) electrons. The number of benzene rings is 4. The van der Waals surface area contributed by atoms with Crippen molar-refractivity contribution in [3.63, 3.8) is 0 Å². The molecule has 0 saturated carbocycles. The highest BCUT2D eigenvalue weighted by atomic mass is 128. The molecule has 0 atom stereocenters. The highest BCUT2D eigenvalue weighted by molar-refractivity contribution is 15.0. The summed E-state index contributed by atoms with van der Waals surface area (Å²) in [6.45, 7) is 17.5. The maximum atomic E-state index is 14.3. The summed E-state index contributed by atoms with van der Waals surface area (Å²) in [5.41, 5.74) is -6.36. The SMILES string of the molecule is C=CC(=O)Oc1c(F)c(F)c(F)c(OC(=O)C=C)c1F.C=CC(=O)Oc1c(F)c(F)c(OC(=O)C=C)c(F)c1F.C=COC(=O)c1c(F)c(F)c(-c2c(F)c(F)c(OC(=O)C=C)c(F)c2F)c(F)c1F.C=II. The summed E-state index contributed by atoms with van der Waals surface area (Å²) in [7, 11) is 0. The second kappa shape index (κ2) is 28.4. The Hall–Kier alpha value is -7.65. The molecule has 0 aliphatic carbocycles. The minimum Gasteiger partial charge on any atom is -0.431 e. The predicted molar refractivity (Wildman–Crippen MR) is 234 cm³/mol. The van der Waals surface area contributed by atoms with Gasteiger partial charge in [0.15, 0.2) is 34.9 Å². The van der Waals surface area contributed by atoms with Crippen LogP contribution in [0.1, 0.15) is 10.4 Å². The Labute approximate surface area is 416 Å². The van der Waals surface area contributed by atoms with E-state index in [2.05, 4.69) is 91.0 Å². The van der Waals surface area contributed by atoms with E-state index in [1.54, 1.807) is 0 Å². The number of esters is 6. The molecule has 4 aromatic rings. The molecule has 12 nitrogen and oxygen atoms in total. The van der Waals surface area contributed by atoms with Gasteiger partial charge in [-0.2, -0.15) is 39.5 Å². The smallest absolute Gasteiger partial charge is 0.349 e. The van der Waals surface area contributed by atoms with Crippen LogP contribution in [-0.2, 0) is 28.7 Å². The van der Waals surface area contributed by atoms with Crippen LogP contribution in [0.2, 0.25) is 0 Å². The van der Waals surface area contributed by atoms with Crippen molar-refractivity contribution in [3.8, 4) is 39.9 Å². The predicted octanol–water partition coefficient (Wildman–Crippen LogP) is 11.4. The molecule has 4 aromatic carbocycles. The molecule has 0 fully saturated rings. The third kappa shape index (κ3) is 15.0. The van der Waals surface area contributed by atoms with Crippen molar-refractivity contribution >= 4 is 75.7 Å². The van der Waals surface area contributed by atoms with E-state index in [1.165, 1.54) is 0 Å². The van der Waals surface area contributed by atoms with Crippen molar-refractivity contribution in [2.24, 2.45) is 0 Å². The van der Waals surface area contributed by atoms with Gasteiger partial charge in [-0.3, -0.25) is 0 Å². The van der Waals surface area contributed by atoms with Gasteiger partial charge in [-0.15, -0.1) is 0 Å². The molecule has 30 heteroatoms. The Kier molecular flexibility index (Phi) is 24.7. The first-order chi connectivity index (χ1) is 34.1. The Bertz CT molecular complexity index is 2810. The van der Waals surface area contributed by atoms with Gasteiger partial charge in [0.25, 0.3) is 0 Å². The second-order valence-electron chi connectivity index (χ2n) is 11.6. The molecule has 0 heterocycles. The van der Waals surface area contributed by atoms with Crippen LogP contribution in [0.3, 0.4) is 0 Å². The normalized spacial score (nSPS) is 9.93. The number of ether oxygens (including phenoxy) is 6. The number of carbonyl (C=O) groups is 6. The maximum absolute atomic E-state index is 14.3. The van der Waals surface area contributed by atoms with Gasteiger partial charge in [0.2, 0.25) is 86.9 Å². The van der Waals surface area contributed by atoms with Crippen LogP contribution in [0.4, 0.5) is 70.2 Å². The molecule has 0 N–H and O–H groups in total. The zero-order valence-corrected chi connectivity index (χ0v) is 39.4. The number of hydrogen-bond acceptors (Lipinski definition) is 12. The van der Waals surface area contributed by atoms with Gasteiger partial charge >= 0.3 is 35.8 Å². The third-order valence-electron chi connectivity index (χ3n) is 7.34. The molecule has 0 amide bonds. The van der Waals surface area contributed by atoms with Crippen molar-refractivity contribution in [1.82, 2.24) is 0 Å². The van der Waals surface area contributed by atoms with Crippen molar-refractivity contribution in [2.45, 2.75) is 0 Å². The highest BCUT2D eigenvalue weighted by Crippen LogP contribution is 2.41. The van der Waals surface area contributed by atoms with Crippen LogP contribution in [0.25, 0.3) is 11.1 Å². The molecule has 73 heavy (non-hydrogen) atoms. The summed E-state index contributed by atoms with van der Waals surface area (Å²) in [4.78, 5) is 65.8. The lowest BCUT2D eigenvalue weighted by molar-refractivity contribution is -0.130. The summed E-state index contributed by atoms with van der Waals surface area (Å²) in [5.74, 6) is -53.6. The molecule has 0 saturated heterocycles. The topological polar surface area (TPSA) is 158 Å². The van der Waals surface area contributed by atoms with Crippen LogP contribution in [0.15, 0.2) is 76.1 Å². The van der Waals surface area contributed by atoms with E-state index in [9.17, 15) is 99.0 Å². The first-order valence-electron chi connectivity index (χ1n) is 17.5. The molecule has 0 aliphatic heterocycles. The van der Waals surface area contributed by atoms with Crippen molar-refractivity contribution in [2.75, 3.05) is 0 Å². The molecule has 0 unspecified atom stereocenters.